The predicted octanol–water partition coefficient (Wildman–Crippen LogP) is 3.82. The van der Waals surface area contributed by atoms with Crippen LogP contribution in [0.25, 0.3) is 0 Å². The third-order valence-corrected chi connectivity index (χ3v) is 4.45. The number of hydrogen-bond acceptors (Lipinski definition) is 2. The second kappa shape index (κ2) is 9.62. The molecule has 0 saturated heterocycles. The molecule has 0 atom stereocenters. The van der Waals surface area contributed by atoms with E-state index in [9.17, 15) is 4.79 Å². The smallest absolute Gasteiger partial charge is 0.222 e. The molecule has 122 valence electrons. The van der Waals surface area contributed by atoms with Crippen molar-refractivity contribution in [2.24, 2.45) is 0 Å². The van der Waals surface area contributed by atoms with Crippen LogP contribution >= 0.6 is 0 Å². The quantitative estimate of drug-likeness (QED) is 0.649. The molecular formula is C19H29NO2. The monoisotopic (exact) mass is 303 g/mol. The average molecular weight is 303 g/mol. The second-order valence-electron chi connectivity index (χ2n) is 6.06. The molecule has 0 aromatic heterocycles. The van der Waals surface area contributed by atoms with Crippen molar-refractivity contribution in [3.63, 3.8) is 0 Å². The van der Waals surface area contributed by atoms with Gasteiger partial charge in [0.15, 0.2) is 0 Å². The van der Waals surface area contributed by atoms with Crippen LogP contribution in [0.5, 0.6) is 0 Å². The SMILES string of the molecule is CCOCCCC(=O)N(CCc1ccccc1)C1CCCC1. The van der Waals surface area contributed by atoms with Crippen molar-refractivity contribution >= 4 is 5.91 Å². The molecular weight excluding hydrogens is 274 g/mol. The van der Waals surface area contributed by atoms with Crippen molar-refractivity contribution < 1.29 is 9.53 Å². The third-order valence-electron chi connectivity index (χ3n) is 4.45. The van der Waals surface area contributed by atoms with E-state index in [1.54, 1.807) is 0 Å². The lowest BCUT2D eigenvalue weighted by Crippen LogP contribution is -2.40. The van der Waals surface area contributed by atoms with Gasteiger partial charge in [0, 0.05) is 32.2 Å². The molecule has 0 bridgehead atoms. The number of rotatable bonds is 9. The Morgan fingerprint density at radius 3 is 2.64 bits per heavy atom. The Balaban J connectivity index is 1.86. The zero-order valence-electron chi connectivity index (χ0n) is 13.8. The Morgan fingerprint density at radius 1 is 1.23 bits per heavy atom. The highest BCUT2D eigenvalue weighted by Crippen LogP contribution is 2.24. The maximum atomic E-state index is 12.6. The van der Waals surface area contributed by atoms with Crippen molar-refractivity contribution in [3.8, 4) is 0 Å². The fourth-order valence-electron chi connectivity index (χ4n) is 3.23. The van der Waals surface area contributed by atoms with Crippen LogP contribution in [0.1, 0.15) is 51.0 Å². The minimum atomic E-state index is 0.308. The van der Waals surface area contributed by atoms with Crippen LogP contribution in [0.15, 0.2) is 30.3 Å². The molecule has 1 aliphatic carbocycles. The van der Waals surface area contributed by atoms with E-state index in [-0.39, 0.29) is 0 Å². The van der Waals surface area contributed by atoms with Crippen molar-refractivity contribution in [1.29, 1.82) is 0 Å². The molecule has 3 nitrogen and oxygen atoms in total. The second-order valence-corrected chi connectivity index (χ2v) is 6.06. The van der Waals surface area contributed by atoms with Crippen LogP contribution in [0, 0.1) is 0 Å². The van der Waals surface area contributed by atoms with Gasteiger partial charge in [0.25, 0.3) is 0 Å². The van der Waals surface area contributed by atoms with Gasteiger partial charge in [-0.3, -0.25) is 4.79 Å². The van der Waals surface area contributed by atoms with Crippen LogP contribution in [-0.2, 0) is 16.0 Å². The van der Waals surface area contributed by atoms with Crippen molar-refractivity contribution in [1.82, 2.24) is 4.90 Å². The van der Waals surface area contributed by atoms with Crippen molar-refractivity contribution in [3.05, 3.63) is 35.9 Å². The summed E-state index contributed by atoms with van der Waals surface area (Å²) in [6, 6.07) is 10.9. The van der Waals surface area contributed by atoms with E-state index in [1.165, 1.54) is 31.2 Å². The fraction of sp³-hybridized carbons (Fsp3) is 0.632. The Morgan fingerprint density at radius 2 is 1.95 bits per heavy atom. The van der Waals surface area contributed by atoms with Crippen LogP contribution < -0.4 is 0 Å². The maximum absolute atomic E-state index is 12.6. The number of ether oxygens (including phenoxy) is 1. The molecule has 0 N–H and O–H groups in total. The van der Waals surface area contributed by atoms with Gasteiger partial charge in [-0.15, -0.1) is 0 Å². The zero-order chi connectivity index (χ0) is 15.6. The molecule has 0 unspecified atom stereocenters. The Bertz CT molecular complexity index is 426. The molecule has 0 heterocycles. The highest BCUT2D eigenvalue weighted by atomic mass is 16.5. The lowest BCUT2D eigenvalue weighted by atomic mass is 10.1. The van der Waals surface area contributed by atoms with Gasteiger partial charge >= 0.3 is 0 Å². The summed E-state index contributed by atoms with van der Waals surface area (Å²) in [6.45, 7) is 4.27. The van der Waals surface area contributed by atoms with E-state index >= 15 is 0 Å². The summed E-state index contributed by atoms with van der Waals surface area (Å²) in [5.41, 5.74) is 1.31. The largest absolute Gasteiger partial charge is 0.382 e. The van der Waals surface area contributed by atoms with Gasteiger partial charge in [-0.1, -0.05) is 43.2 Å². The van der Waals surface area contributed by atoms with Crippen molar-refractivity contribution in [2.45, 2.75) is 57.9 Å². The molecule has 1 aliphatic rings. The normalized spacial score (nSPS) is 15.1. The zero-order valence-corrected chi connectivity index (χ0v) is 13.8. The number of carbonyl (C=O) groups excluding carboxylic acids is 1. The first kappa shape index (κ1) is 17.0. The molecule has 3 heteroatoms. The highest BCUT2D eigenvalue weighted by molar-refractivity contribution is 5.76. The molecule has 1 amide bonds. The summed E-state index contributed by atoms with van der Waals surface area (Å²) < 4.78 is 5.35. The fourth-order valence-corrected chi connectivity index (χ4v) is 3.23. The van der Waals surface area contributed by atoms with Crippen LogP contribution in [0.2, 0.25) is 0 Å². The number of hydrogen-bond donors (Lipinski definition) is 0. The molecule has 0 aliphatic heterocycles. The lowest BCUT2D eigenvalue weighted by molar-refractivity contribution is -0.133. The first-order valence-electron chi connectivity index (χ1n) is 8.72. The highest BCUT2D eigenvalue weighted by Gasteiger charge is 2.25. The van der Waals surface area contributed by atoms with Gasteiger partial charge in [-0.2, -0.15) is 0 Å². The van der Waals surface area contributed by atoms with Crippen LogP contribution in [-0.4, -0.2) is 36.6 Å². The number of nitrogens with zero attached hydrogens (tertiary/aromatic N) is 1. The summed E-state index contributed by atoms with van der Waals surface area (Å²) in [5, 5.41) is 0. The van der Waals surface area contributed by atoms with Gasteiger partial charge in [-0.05, 0) is 38.2 Å². The Hall–Kier alpha value is -1.35. The topological polar surface area (TPSA) is 29.5 Å². The number of amides is 1. The van der Waals surface area contributed by atoms with E-state index in [0.717, 1.165) is 26.0 Å². The molecule has 0 spiro atoms. The molecule has 1 saturated carbocycles. The van der Waals surface area contributed by atoms with Gasteiger partial charge in [0.05, 0.1) is 0 Å². The van der Waals surface area contributed by atoms with Crippen LogP contribution in [0.4, 0.5) is 0 Å². The molecule has 1 aromatic carbocycles. The Kier molecular flexibility index (Phi) is 7.44. The molecule has 0 radical (unpaired) electrons. The summed E-state index contributed by atoms with van der Waals surface area (Å²) in [4.78, 5) is 14.7. The first-order chi connectivity index (χ1) is 10.8. The average Bonchev–Trinajstić information content (AvgIpc) is 3.07. The van der Waals surface area contributed by atoms with E-state index in [1.807, 2.05) is 13.0 Å². The summed E-state index contributed by atoms with van der Waals surface area (Å²) in [7, 11) is 0. The first-order valence-corrected chi connectivity index (χ1v) is 8.72. The maximum Gasteiger partial charge on any atom is 0.222 e. The van der Waals surface area contributed by atoms with E-state index in [2.05, 4.69) is 29.2 Å². The minimum absolute atomic E-state index is 0.308. The molecule has 1 aromatic rings. The number of carbonyl (C=O) groups is 1. The minimum Gasteiger partial charge on any atom is -0.382 e. The van der Waals surface area contributed by atoms with Crippen molar-refractivity contribution in [2.75, 3.05) is 19.8 Å². The molecule has 22 heavy (non-hydrogen) atoms. The van der Waals surface area contributed by atoms with Gasteiger partial charge in [-0.25, -0.2) is 0 Å². The summed E-state index contributed by atoms with van der Waals surface area (Å²) in [6.07, 6.45) is 7.27. The standard InChI is InChI=1S/C19H29NO2/c1-2-22-16-8-13-19(21)20(18-11-6-7-12-18)15-14-17-9-4-3-5-10-17/h3-5,9-10,18H,2,6-8,11-16H2,1H3. The third kappa shape index (κ3) is 5.45. The Labute approximate surface area is 134 Å². The summed E-state index contributed by atoms with van der Waals surface area (Å²) >= 11 is 0. The van der Waals surface area contributed by atoms with E-state index in [0.29, 0.717) is 25.0 Å². The van der Waals surface area contributed by atoms with E-state index in [4.69, 9.17) is 4.74 Å². The lowest BCUT2D eigenvalue weighted by Gasteiger charge is -2.29. The predicted molar refractivity (Wildman–Crippen MR) is 89.8 cm³/mol. The van der Waals surface area contributed by atoms with Gasteiger partial charge < -0.3 is 9.64 Å². The van der Waals surface area contributed by atoms with Gasteiger partial charge in [0.2, 0.25) is 5.91 Å². The van der Waals surface area contributed by atoms with E-state index < -0.39 is 0 Å². The van der Waals surface area contributed by atoms with Crippen LogP contribution in [0.3, 0.4) is 0 Å². The molecule has 1 fully saturated rings. The molecule has 2 rings (SSSR count). The summed E-state index contributed by atoms with van der Waals surface area (Å²) in [5.74, 6) is 0.308. The van der Waals surface area contributed by atoms with Gasteiger partial charge in [0.1, 0.15) is 0 Å². The number of benzene rings is 1.